The Kier molecular flexibility index (Phi) is 4.97. The molecular formula is C16H20Cl2N2O. The van der Waals surface area contributed by atoms with Crippen molar-refractivity contribution < 1.29 is 4.74 Å². The van der Waals surface area contributed by atoms with E-state index < -0.39 is 0 Å². The molecule has 5 heteroatoms. The number of halogens is 2. The molecule has 0 spiro atoms. The van der Waals surface area contributed by atoms with E-state index in [0.29, 0.717) is 27.9 Å². The number of nitrogens with zero attached hydrogens (tertiary/aromatic N) is 1. The van der Waals surface area contributed by atoms with Gasteiger partial charge in [0.25, 0.3) is 0 Å². The van der Waals surface area contributed by atoms with Gasteiger partial charge in [0.1, 0.15) is 12.1 Å². The Morgan fingerprint density at radius 1 is 1.19 bits per heavy atom. The van der Waals surface area contributed by atoms with Crippen LogP contribution in [0.2, 0.25) is 10.0 Å². The van der Waals surface area contributed by atoms with Crippen molar-refractivity contribution in [2.45, 2.75) is 33.2 Å². The second-order valence-electron chi connectivity index (χ2n) is 6.04. The van der Waals surface area contributed by atoms with Crippen molar-refractivity contribution >= 4 is 34.1 Å². The molecule has 0 radical (unpaired) electrons. The largest absolute Gasteiger partial charge is 0.488 e. The molecule has 1 aromatic carbocycles. The van der Waals surface area contributed by atoms with Gasteiger partial charge in [-0.05, 0) is 45.9 Å². The van der Waals surface area contributed by atoms with Crippen LogP contribution in [0.25, 0.3) is 10.9 Å². The summed E-state index contributed by atoms with van der Waals surface area (Å²) in [6.07, 6.45) is 0. The molecule has 0 unspecified atom stereocenters. The summed E-state index contributed by atoms with van der Waals surface area (Å²) in [5.74, 6) is 0.593. The Morgan fingerprint density at radius 3 is 2.57 bits per heavy atom. The fraction of sp³-hybridized carbons (Fsp3) is 0.438. The minimum Gasteiger partial charge on any atom is -0.488 e. The number of fused-ring (bicyclic) bond motifs is 1. The topological polar surface area (TPSA) is 34.1 Å². The Bertz CT molecular complexity index is 651. The molecule has 2 aromatic rings. The quantitative estimate of drug-likeness (QED) is 0.832. The standard InChI is InChI=1S/C16H20Cl2N2O/c1-10-5-6-11-12(17)9-13(18)15(14(11)20-10)21-8-7-19-16(2,3)4/h5-6,9,19H,7-8H2,1-4H3. The minimum absolute atomic E-state index is 0.0596. The Hall–Kier alpha value is -1.03. The third-order valence-electron chi connectivity index (χ3n) is 2.98. The van der Waals surface area contributed by atoms with E-state index in [1.807, 2.05) is 19.1 Å². The van der Waals surface area contributed by atoms with Crippen LogP contribution in [0.4, 0.5) is 0 Å². The summed E-state index contributed by atoms with van der Waals surface area (Å²) in [4.78, 5) is 4.51. The fourth-order valence-electron chi connectivity index (χ4n) is 2.01. The highest BCUT2D eigenvalue weighted by Crippen LogP contribution is 2.37. The van der Waals surface area contributed by atoms with Gasteiger partial charge in [-0.2, -0.15) is 0 Å². The van der Waals surface area contributed by atoms with Gasteiger partial charge in [0, 0.05) is 23.2 Å². The Balaban J connectivity index is 2.24. The van der Waals surface area contributed by atoms with Crippen LogP contribution in [0.5, 0.6) is 5.75 Å². The van der Waals surface area contributed by atoms with Crippen LogP contribution in [-0.2, 0) is 0 Å². The van der Waals surface area contributed by atoms with E-state index in [9.17, 15) is 0 Å². The minimum atomic E-state index is 0.0596. The fourth-order valence-corrected chi connectivity index (χ4v) is 2.58. The van der Waals surface area contributed by atoms with Crippen molar-refractivity contribution in [3.8, 4) is 5.75 Å². The highest BCUT2D eigenvalue weighted by molar-refractivity contribution is 6.39. The molecule has 21 heavy (non-hydrogen) atoms. The molecule has 114 valence electrons. The lowest BCUT2D eigenvalue weighted by Gasteiger charge is -2.21. The Morgan fingerprint density at radius 2 is 1.90 bits per heavy atom. The van der Waals surface area contributed by atoms with E-state index in [1.54, 1.807) is 6.07 Å². The van der Waals surface area contributed by atoms with E-state index in [2.05, 4.69) is 31.1 Å². The highest BCUT2D eigenvalue weighted by atomic mass is 35.5. The van der Waals surface area contributed by atoms with E-state index in [0.717, 1.165) is 17.6 Å². The molecule has 0 aliphatic carbocycles. The zero-order valence-electron chi connectivity index (χ0n) is 12.8. The van der Waals surface area contributed by atoms with Gasteiger partial charge < -0.3 is 10.1 Å². The highest BCUT2D eigenvalue weighted by Gasteiger charge is 2.14. The third-order valence-corrected chi connectivity index (χ3v) is 3.57. The first-order valence-corrected chi connectivity index (χ1v) is 7.67. The summed E-state index contributed by atoms with van der Waals surface area (Å²) < 4.78 is 5.84. The van der Waals surface area contributed by atoms with Gasteiger partial charge in [-0.15, -0.1) is 0 Å². The summed E-state index contributed by atoms with van der Waals surface area (Å²) in [6.45, 7) is 9.52. The molecular weight excluding hydrogens is 307 g/mol. The van der Waals surface area contributed by atoms with Crippen LogP contribution in [-0.4, -0.2) is 23.7 Å². The molecule has 0 fully saturated rings. The normalized spacial score (nSPS) is 11.9. The molecule has 1 heterocycles. The zero-order valence-corrected chi connectivity index (χ0v) is 14.3. The maximum Gasteiger partial charge on any atom is 0.164 e. The van der Waals surface area contributed by atoms with Crippen molar-refractivity contribution in [2.75, 3.05) is 13.2 Å². The average Bonchev–Trinajstić information content (AvgIpc) is 2.35. The number of benzene rings is 1. The van der Waals surface area contributed by atoms with E-state index >= 15 is 0 Å². The van der Waals surface area contributed by atoms with E-state index in [4.69, 9.17) is 27.9 Å². The lowest BCUT2D eigenvalue weighted by atomic mass is 10.1. The van der Waals surface area contributed by atoms with Gasteiger partial charge in [-0.25, -0.2) is 4.98 Å². The average molecular weight is 327 g/mol. The molecule has 0 aliphatic rings. The van der Waals surface area contributed by atoms with Gasteiger partial charge in [0.15, 0.2) is 5.75 Å². The number of nitrogens with one attached hydrogen (secondary N) is 1. The van der Waals surface area contributed by atoms with Crippen molar-refractivity contribution in [2.24, 2.45) is 0 Å². The number of hydrogen-bond donors (Lipinski definition) is 1. The second kappa shape index (κ2) is 6.39. The van der Waals surface area contributed by atoms with E-state index in [1.165, 1.54) is 0 Å². The van der Waals surface area contributed by atoms with Crippen LogP contribution in [0, 0.1) is 6.92 Å². The molecule has 0 aliphatic heterocycles. The van der Waals surface area contributed by atoms with Gasteiger partial charge >= 0.3 is 0 Å². The van der Waals surface area contributed by atoms with Crippen LogP contribution in [0.3, 0.4) is 0 Å². The summed E-state index contributed by atoms with van der Waals surface area (Å²) >= 11 is 12.5. The lowest BCUT2D eigenvalue weighted by molar-refractivity contribution is 0.293. The number of hydrogen-bond acceptors (Lipinski definition) is 3. The summed E-state index contributed by atoms with van der Waals surface area (Å²) in [6, 6.07) is 5.57. The monoisotopic (exact) mass is 326 g/mol. The second-order valence-corrected chi connectivity index (χ2v) is 6.86. The SMILES string of the molecule is Cc1ccc2c(Cl)cc(Cl)c(OCCNC(C)(C)C)c2n1. The molecule has 0 saturated heterocycles. The summed E-state index contributed by atoms with van der Waals surface area (Å²) in [5, 5.41) is 5.29. The summed E-state index contributed by atoms with van der Waals surface area (Å²) in [5.41, 5.74) is 1.67. The summed E-state index contributed by atoms with van der Waals surface area (Å²) in [7, 11) is 0. The molecule has 1 N–H and O–H groups in total. The maximum absolute atomic E-state index is 6.26. The number of rotatable bonds is 4. The van der Waals surface area contributed by atoms with Crippen molar-refractivity contribution in [3.63, 3.8) is 0 Å². The van der Waals surface area contributed by atoms with Crippen molar-refractivity contribution in [1.29, 1.82) is 0 Å². The predicted molar refractivity (Wildman–Crippen MR) is 89.8 cm³/mol. The molecule has 0 amide bonds. The molecule has 3 nitrogen and oxygen atoms in total. The first kappa shape index (κ1) is 16.3. The van der Waals surface area contributed by atoms with Gasteiger partial charge in [-0.1, -0.05) is 23.2 Å². The van der Waals surface area contributed by atoms with Crippen LogP contribution in [0.1, 0.15) is 26.5 Å². The van der Waals surface area contributed by atoms with E-state index in [-0.39, 0.29) is 5.54 Å². The van der Waals surface area contributed by atoms with Gasteiger partial charge in [0.2, 0.25) is 0 Å². The van der Waals surface area contributed by atoms with Crippen LogP contribution < -0.4 is 10.1 Å². The lowest BCUT2D eigenvalue weighted by Crippen LogP contribution is -2.38. The Labute approximate surface area is 135 Å². The first-order valence-electron chi connectivity index (χ1n) is 6.91. The van der Waals surface area contributed by atoms with Crippen LogP contribution >= 0.6 is 23.2 Å². The van der Waals surface area contributed by atoms with Crippen molar-refractivity contribution in [3.05, 3.63) is 33.9 Å². The molecule has 0 bridgehead atoms. The smallest absolute Gasteiger partial charge is 0.164 e. The number of pyridine rings is 1. The number of ether oxygens (including phenoxy) is 1. The maximum atomic E-state index is 6.26. The predicted octanol–water partition coefficient (Wildman–Crippen LogP) is 4.62. The molecule has 0 atom stereocenters. The third kappa shape index (κ3) is 4.22. The molecule has 0 saturated carbocycles. The van der Waals surface area contributed by atoms with Crippen molar-refractivity contribution in [1.82, 2.24) is 10.3 Å². The number of aromatic nitrogens is 1. The molecule has 2 rings (SSSR count). The van der Waals surface area contributed by atoms with Gasteiger partial charge in [0.05, 0.1) is 10.0 Å². The number of aryl methyl sites for hydroxylation is 1. The first-order chi connectivity index (χ1) is 9.78. The zero-order chi connectivity index (χ0) is 15.6. The van der Waals surface area contributed by atoms with Crippen LogP contribution in [0.15, 0.2) is 18.2 Å². The van der Waals surface area contributed by atoms with Gasteiger partial charge in [-0.3, -0.25) is 0 Å². The molecule has 1 aromatic heterocycles.